The number of sulfone groups is 1. The Morgan fingerprint density at radius 1 is 1.30 bits per heavy atom. The van der Waals surface area contributed by atoms with Gasteiger partial charge in [0.15, 0.2) is 15.0 Å². The van der Waals surface area contributed by atoms with Gasteiger partial charge in [-0.3, -0.25) is 4.79 Å². The highest BCUT2D eigenvalue weighted by atomic mass is 32.2. The van der Waals surface area contributed by atoms with Crippen molar-refractivity contribution in [3.05, 3.63) is 29.8 Å². The van der Waals surface area contributed by atoms with Gasteiger partial charge in [-0.15, -0.1) is 0 Å². The van der Waals surface area contributed by atoms with Gasteiger partial charge < -0.3 is 14.7 Å². The number of amides is 1. The molecule has 0 aliphatic carbocycles. The number of thioether (sulfide) groups is 1. The molecule has 2 atom stereocenters. The largest absolute Gasteiger partial charge is 0.480 e. The summed E-state index contributed by atoms with van der Waals surface area (Å²) in [5.41, 5.74) is -0.0912. The summed E-state index contributed by atoms with van der Waals surface area (Å²) in [5, 5.41) is 8.11. The molecule has 2 heterocycles. The monoisotopic (exact) mass is 420 g/mol. The van der Waals surface area contributed by atoms with Gasteiger partial charge >= 0.3 is 5.97 Å². The van der Waals surface area contributed by atoms with Crippen LogP contribution < -0.4 is 4.90 Å². The van der Waals surface area contributed by atoms with Crippen LogP contribution in [0.1, 0.15) is 0 Å². The van der Waals surface area contributed by atoms with Crippen LogP contribution in [0.25, 0.3) is 0 Å². The zero-order valence-electron chi connectivity index (χ0n) is 13.7. The number of anilines is 1. The molecule has 1 N–H and O–H groups in total. The van der Waals surface area contributed by atoms with E-state index in [9.17, 15) is 26.8 Å². The number of hydrogen-bond donors (Lipinski definition) is 1. The second-order valence-electron chi connectivity index (χ2n) is 5.94. The van der Waals surface area contributed by atoms with Crippen LogP contribution in [0.2, 0.25) is 0 Å². The molecule has 1 amide bonds. The van der Waals surface area contributed by atoms with E-state index < -0.39 is 57.9 Å². The van der Waals surface area contributed by atoms with Gasteiger partial charge in [-0.2, -0.15) is 4.99 Å². The van der Waals surface area contributed by atoms with Crippen LogP contribution in [0.15, 0.2) is 23.2 Å². The third-order valence-electron chi connectivity index (χ3n) is 3.91. The maximum atomic E-state index is 14.3. The van der Waals surface area contributed by atoms with Crippen molar-refractivity contribution in [3.63, 3.8) is 0 Å². The first-order chi connectivity index (χ1) is 12.7. The summed E-state index contributed by atoms with van der Waals surface area (Å²) in [4.78, 5) is 27.4. The van der Waals surface area contributed by atoms with Gasteiger partial charge in [0.1, 0.15) is 24.8 Å². The van der Waals surface area contributed by atoms with Crippen molar-refractivity contribution in [1.82, 2.24) is 0 Å². The number of aliphatic imine (C=N–C) groups is 1. The average molecular weight is 420 g/mol. The van der Waals surface area contributed by atoms with E-state index in [0.29, 0.717) is 6.07 Å². The van der Waals surface area contributed by atoms with E-state index in [0.717, 1.165) is 23.9 Å². The summed E-state index contributed by atoms with van der Waals surface area (Å²) in [5.74, 6) is -4.15. The Morgan fingerprint density at radius 3 is 2.70 bits per heavy atom. The molecule has 1 aromatic carbocycles. The SMILES string of the molecule is O=C(O)COCC(=O)N=C1S[C@@H]2CS(=O)(=O)C[C@@H]2N1c1ccc(F)cc1F. The van der Waals surface area contributed by atoms with E-state index in [-0.39, 0.29) is 22.4 Å². The van der Waals surface area contributed by atoms with E-state index in [4.69, 9.17) is 5.11 Å². The van der Waals surface area contributed by atoms with Crippen LogP contribution >= 0.6 is 11.8 Å². The number of ether oxygens (including phenoxy) is 1. The lowest BCUT2D eigenvalue weighted by atomic mass is 10.2. The number of carbonyl (C=O) groups excluding carboxylic acids is 1. The smallest absolute Gasteiger partial charge is 0.329 e. The number of carbonyl (C=O) groups is 2. The molecule has 2 fully saturated rings. The summed E-state index contributed by atoms with van der Waals surface area (Å²) < 4.78 is 56.0. The summed E-state index contributed by atoms with van der Waals surface area (Å²) in [7, 11) is -3.33. The number of rotatable bonds is 5. The molecule has 2 saturated heterocycles. The van der Waals surface area contributed by atoms with E-state index in [2.05, 4.69) is 9.73 Å². The zero-order chi connectivity index (χ0) is 19.8. The molecule has 1 aromatic rings. The fourth-order valence-electron chi connectivity index (χ4n) is 2.89. The molecule has 2 aliphatic heterocycles. The molecular weight excluding hydrogens is 406 g/mol. The molecule has 0 radical (unpaired) electrons. The van der Waals surface area contributed by atoms with Crippen LogP contribution in [0, 0.1) is 11.6 Å². The predicted octanol–water partition coefficient (Wildman–Crippen LogP) is 0.667. The molecule has 3 rings (SSSR count). The number of fused-ring (bicyclic) bond motifs is 1. The van der Waals surface area contributed by atoms with Gasteiger partial charge in [0, 0.05) is 11.3 Å². The number of amidine groups is 1. The number of aliphatic carboxylic acids is 1. The van der Waals surface area contributed by atoms with Crippen LogP contribution in [-0.2, 0) is 24.2 Å². The molecule has 8 nitrogen and oxygen atoms in total. The second-order valence-corrected chi connectivity index (χ2v) is 9.30. The van der Waals surface area contributed by atoms with Crippen molar-refractivity contribution in [3.8, 4) is 0 Å². The number of nitrogens with zero attached hydrogens (tertiary/aromatic N) is 2. The van der Waals surface area contributed by atoms with Gasteiger partial charge in [-0.05, 0) is 12.1 Å². The summed E-state index contributed by atoms with van der Waals surface area (Å²) in [6, 6.07) is 2.19. The molecular formula is C15H14F2N2O6S2. The van der Waals surface area contributed by atoms with Crippen LogP contribution in [0.4, 0.5) is 14.5 Å². The van der Waals surface area contributed by atoms with Crippen molar-refractivity contribution in [2.45, 2.75) is 11.3 Å². The van der Waals surface area contributed by atoms with Crippen molar-refractivity contribution < 1.29 is 36.6 Å². The number of carboxylic acids is 1. The zero-order valence-corrected chi connectivity index (χ0v) is 15.3. The van der Waals surface area contributed by atoms with Crippen LogP contribution in [0.5, 0.6) is 0 Å². The van der Waals surface area contributed by atoms with Gasteiger partial charge in [-0.1, -0.05) is 11.8 Å². The van der Waals surface area contributed by atoms with Crippen LogP contribution in [0.3, 0.4) is 0 Å². The van der Waals surface area contributed by atoms with Crippen molar-refractivity contribution in [2.24, 2.45) is 4.99 Å². The highest BCUT2D eigenvalue weighted by Gasteiger charge is 2.50. The lowest BCUT2D eigenvalue weighted by Crippen LogP contribution is -2.38. The van der Waals surface area contributed by atoms with Crippen molar-refractivity contribution in [2.75, 3.05) is 29.6 Å². The summed E-state index contributed by atoms with van der Waals surface area (Å²) in [6.45, 7) is -1.27. The van der Waals surface area contributed by atoms with Crippen molar-refractivity contribution >= 4 is 44.3 Å². The molecule has 2 aliphatic rings. The Bertz CT molecular complexity index is 921. The van der Waals surface area contributed by atoms with Gasteiger partial charge in [0.2, 0.25) is 0 Å². The topological polar surface area (TPSA) is 113 Å². The third kappa shape index (κ3) is 4.45. The van der Waals surface area contributed by atoms with E-state index in [1.807, 2.05) is 0 Å². The lowest BCUT2D eigenvalue weighted by molar-refractivity contribution is -0.143. The van der Waals surface area contributed by atoms with Gasteiger partial charge in [0.05, 0.1) is 23.2 Å². The molecule has 0 aromatic heterocycles. The summed E-state index contributed by atoms with van der Waals surface area (Å²) in [6.07, 6.45) is 0. The molecule has 0 unspecified atom stereocenters. The number of hydrogen-bond acceptors (Lipinski definition) is 6. The standard InChI is InChI=1S/C15H14F2N2O6S2/c16-8-1-2-10(9(17)3-8)19-11-6-27(23,24)7-12(11)26-15(19)18-13(20)4-25-5-14(21)22/h1-3,11-12H,4-7H2,(H,21,22)/t11-,12+/m0/s1. The molecule has 0 saturated carbocycles. The Balaban J connectivity index is 1.89. The average Bonchev–Trinajstić information content (AvgIpc) is 2.98. The quantitative estimate of drug-likeness (QED) is 0.740. The summed E-state index contributed by atoms with van der Waals surface area (Å²) >= 11 is 1.01. The highest BCUT2D eigenvalue weighted by molar-refractivity contribution is 8.16. The minimum atomic E-state index is -3.33. The predicted molar refractivity (Wildman–Crippen MR) is 93.6 cm³/mol. The lowest BCUT2D eigenvalue weighted by Gasteiger charge is -2.24. The van der Waals surface area contributed by atoms with Gasteiger partial charge in [0.25, 0.3) is 5.91 Å². The molecule has 27 heavy (non-hydrogen) atoms. The maximum absolute atomic E-state index is 14.3. The Hall–Kier alpha value is -2.05. The minimum absolute atomic E-state index is 0.0642. The van der Waals surface area contributed by atoms with Crippen molar-refractivity contribution in [1.29, 1.82) is 0 Å². The maximum Gasteiger partial charge on any atom is 0.329 e. The van der Waals surface area contributed by atoms with Gasteiger partial charge in [-0.25, -0.2) is 22.0 Å². The second kappa shape index (κ2) is 7.52. The first kappa shape index (κ1) is 19.7. The van der Waals surface area contributed by atoms with E-state index in [1.54, 1.807) is 0 Å². The molecule has 12 heteroatoms. The minimum Gasteiger partial charge on any atom is -0.480 e. The fraction of sp³-hybridized carbons (Fsp3) is 0.400. The Kier molecular flexibility index (Phi) is 5.49. The normalized spacial score (nSPS) is 25.0. The molecule has 0 spiro atoms. The number of carboxylic acid groups (broad SMARTS) is 1. The van der Waals surface area contributed by atoms with E-state index in [1.165, 1.54) is 4.90 Å². The number of halogens is 2. The Labute approximate surface area is 157 Å². The first-order valence-electron chi connectivity index (χ1n) is 7.69. The molecule has 146 valence electrons. The highest BCUT2D eigenvalue weighted by Crippen LogP contribution is 2.41. The molecule has 0 bridgehead atoms. The fourth-order valence-corrected chi connectivity index (χ4v) is 6.81. The van der Waals surface area contributed by atoms with Crippen LogP contribution in [-0.4, -0.2) is 66.6 Å². The Morgan fingerprint density at radius 2 is 2.04 bits per heavy atom. The third-order valence-corrected chi connectivity index (χ3v) is 7.12. The first-order valence-corrected chi connectivity index (χ1v) is 10.4. The number of benzene rings is 1. The van der Waals surface area contributed by atoms with E-state index >= 15 is 0 Å².